The van der Waals surface area contributed by atoms with Crippen molar-refractivity contribution >= 4 is 11.6 Å². The Morgan fingerprint density at radius 1 is 1.28 bits per heavy atom. The summed E-state index contributed by atoms with van der Waals surface area (Å²) in [6, 6.07) is 9.58. The molecule has 2 atom stereocenters. The average molecular weight is 246 g/mol. The summed E-state index contributed by atoms with van der Waals surface area (Å²) < 4.78 is 0. The van der Waals surface area contributed by atoms with Crippen molar-refractivity contribution in [2.75, 3.05) is 18.4 Å². The zero-order valence-corrected chi connectivity index (χ0v) is 11.0. The molecule has 0 spiro atoms. The molecule has 3 nitrogen and oxygen atoms in total. The van der Waals surface area contributed by atoms with E-state index < -0.39 is 0 Å². The van der Waals surface area contributed by atoms with Gasteiger partial charge in [0.2, 0.25) is 5.91 Å². The standard InChI is InChI=1S/C15H22N2O/c1-12-7-8-13(9-12)10-16-11-15(18)17-14-5-3-2-4-6-14/h2-6,12-13,16H,7-11H2,1H3,(H,17,18). The highest BCUT2D eigenvalue weighted by molar-refractivity contribution is 5.92. The first-order chi connectivity index (χ1) is 8.74. The van der Waals surface area contributed by atoms with Crippen LogP contribution in [0.1, 0.15) is 26.2 Å². The topological polar surface area (TPSA) is 41.1 Å². The lowest BCUT2D eigenvalue weighted by molar-refractivity contribution is -0.115. The first-order valence-corrected chi connectivity index (χ1v) is 6.79. The second-order valence-electron chi connectivity index (χ2n) is 5.33. The Morgan fingerprint density at radius 2 is 2.06 bits per heavy atom. The molecule has 2 unspecified atom stereocenters. The molecule has 0 heterocycles. The van der Waals surface area contributed by atoms with E-state index in [0.29, 0.717) is 6.54 Å². The minimum atomic E-state index is 0.0345. The SMILES string of the molecule is CC1CCC(CNCC(=O)Nc2ccccc2)C1. The van der Waals surface area contributed by atoms with E-state index in [-0.39, 0.29) is 5.91 Å². The second kappa shape index (κ2) is 6.55. The maximum absolute atomic E-state index is 11.7. The molecule has 0 radical (unpaired) electrons. The van der Waals surface area contributed by atoms with E-state index in [4.69, 9.17) is 0 Å². The average Bonchev–Trinajstić information content (AvgIpc) is 2.76. The van der Waals surface area contributed by atoms with Crippen molar-refractivity contribution in [3.05, 3.63) is 30.3 Å². The van der Waals surface area contributed by atoms with Gasteiger partial charge in [-0.1, -0.05) is 31.5 Å². The molecule has 2 N–H and O–H groups in total. The van der Waals surface area contributed by atoms with Gasteiger partial charge in [-0.3, -0.25) is 4.79 Å². The summed E-state index contributed by atoms with van der Waals surface area (Å²) in [5, 5.41) is 6.13. The minimum Gasteiger partial charge on any atom is -0.325 e. The number of carbonyl (C=O) groups excluding carboxylic acids is 1. The fraction of sp³-hybridized carbons (Fsp3) is 0.533. The largest absolute Gasteiger partial charge is 0.325 e. The molecular weight excluding hydrogens is 224 g/mol. The lowest BCUT2D eigenvalue weighted by Crippen LogP contribution is -2.31. The molecule has 1 aromatic rings. The molecule has 0 aliphatic heterocycles. The number of nitrogens with one attached hydrogen (secondary N) is 2. The van der Waals surface area contributed by atoms with Crippen LogP contribution in [0.3, 0.4) is 0 Å². The molecule has 98 valence electrons. The van der Waals surface area contributed by atoms with Crippen LogP contribution in [0.25, 0.3) is 0 Å². The highest BCUT2D eigenvalue weighted by Crippen LogP contribution is 2.29. The zero-order valence-electron chi connectivity index (χ0n) is 11.0. The van der Waals surface area contributed by atoms with Crippen LogP contribution < -0.4 is 10.6 Å². The number of rotatable bonds is 5. The van der Waals surface area contributed by atoms with Gasteiger partial charge in [0.05, 0.1) is 6.54 Å². The van der Waals surface area contributed by atoms with Crippen molar-refractivity contribution in [1.29, 1.82) is 0 Å². The summed E-state index contributed by atoms with van der Waals surface area (Å²) in [4.78, 5) is 11.7. The molecule has 1 amide bonds. The van der Waals surface area contributed by atoms with Crippen LogP contribution in [-0.4, -0.2) is 19.0 Å². The first-order valence-electron chi connectivity index (χ1n) is 6.79. The fourth-order valence-electron chi connectivity index (χ4n) is 2.63. The number of hydrogen-bond acceptors (Lipinski definition) is 2. The van der Waals surface area contributed by atoms with Gasteiger partial charge < -0.3 is 10.6 Å². The number of anilines is 1. The monoisotopic (exact) mass is 246 g/mol. The second-order valence-corrected chi connectivity index (χ2v) is 5.33. The number of amides is 1. The van der Waals surface area contributed by atoms with Crippen LogP contribution in [0.5, 0.6) is 0 Å². The summed E-state index contributed by atoms with van der Waals surface area (Å²) in [6.07, 6.45) is 3.93. The summed E-state index contributed by atoms with van der Waals surface area (Å²) in [7, 11) is 0. The molecule has 1 aliphatic rings. The van der Waals surface area contributed by atoms with E-state index in [2.05, 4.69) is 17.6 Å². The van der Waals surface area contributed by atoms with Crippen molar-refractivity contribution in [2.45, 2.75) is 26.2 Å². The Hall–Kier alpha value is -1.35. The Bertz CT molecular complexity index is 377. The van der Waals surface area contributed by atoms with Crippen molar-refractivity contribution < 1.29 is 4.79 Å². The molecular formula is C15H22N2O. The van der Waals surface area contributed by atoms with Crippen LogP contribution in [0.4, 0.5) is 5.69 Å². The number of hydrogen-bond donors (Lipinski definition) is 2. The van der Waals surface area contributed by atoms with E-state index >= 15 is 0 Å². The first kappa shape index (κ1) is 13.1. The van der Waals surface area contributed by atoms with Crippen molar-refractivity contribution in [3.63, 3.8) is 0 Å². The van der Waals surface area contributed by atoms with Gasteiger partial charge in [-0.2, -0.15) is 0 Å². The van der Waals surface area contributed by atoms with Gasteiger partial charge in [-0.05, 0) is 43.4 Å². The van der Waals surface area contributed by atoms with Gasteiger partial charge in [-0.15, -0.1) is 0 Å². The van der Waals surface area contributed by atoms with E-state index in [1.54, 1.807) is 0 Å². The van der Waals surface area contributed by atoms with Gasteiger partial charge in [0.25, 0.3) is 0 Å². The van der Waals surface area contributed by atoms with Gasteiger partial charge in [-0.25, -0.2) is 0 Å². The maximum Gasteiger partial charge on any atom is 0.238 e. The third-order valence-electron chi connectivity index (χ3n) is 3.58. The summed E-state index contributed by atoms with van der Waals surface area (Å²) >= 11 is 0. The molecule has 0 bridgehead atoms. The molecule has 18 heavy (non-hydrogen) atoms. The van der Waals surface area contributed by atoms with Crippen molar-refractivity contribution in [3.8, 4) is 0 Å². The summed E-state index contributed by atoms with van der Waals surface area (Å²) in [5.41, 5.74) is 0.860. The maximum atomic E-state index is 11.7. The molecule has 1 aromatic carbocycles. The molecule has 0 aromatic heterocycles. The minimum absolute atomic E-state index is 0.0345. The summed E-state index contributed by atoms with van der Waals surface area (Å²) in [6.45, 7) is 3.68. The smallest absolute Gasteiger partial charge is 0.238 e. The van der Waals surface area contributed by atoms with Crippen molar-refractivity contribution in [1.82, 2.24) is 5.32 Å². The van der Waals surface area contributed by atoms with Gasteiger partial charge >= 0.3 is 0 Å². The van der Waals surface area contributed by atoms with E-state index in [1.165, 1.54) is 19.3 Å². The van der Waals surface area contributed by atoms with Crippen LogP contribution in [0.2, 0.25) is 0 Å². The third kappa shape index (κ3) is 4.15. The number of carbonyl (C=O) groups is 1. The molecule has 1 saturated carbocycles. The predicted octanol–water partition coefficient (Wildman–Crippen LogP) is 2.65. The highest BCUT2D eigenvalue weighted by atomic mass is 16.1. The third-order valence-corrected chi connectivity index (χ3v) is 3.58. The number of benzene rings is 1. The zero-order chi connectivity index (χ0) is 12.8. The number of para-hydroxylation sites is 1. The van der Waals surface area contributed by atoms with Gasteiger partial charge in [0, 0.05) is 5.69 Å². The Labute approximate surface area is 109 Å². The predicted molar refractivity (Wildman–Crippen MR) is 74.4 cm³/mol. The molecule has 3 heteroatoms. The van der Waals surface area contributed by atoms with E-state index in [1.807, 2.05) is 30.3 Å². The van der Waals surface area contributed by atoms with Crippen LogP contribution in [0, 0.1) is 11.8 Å². The normalized spacial score (nSPS) is 22.9. The van der Waals surface area contributed by atoms with E-state index in [0.717, 1.165) is 24.1 Å². The van der Waals surface area contributed by atoms with E-state index in [9.17, 15) is 4.79 Å². The van der Waals surface area contributed by atoms with Crippen LogP contribution in [-0.2, 0) is 4.79 Å². The van der Waals surface area contributed by atoms with Crippen LogP contribution in [0.15, 0.2) is 30.3 Å². The lowest BCUT2D eigenvalue weighted by atomic mass is 10.1. The summed E-state index contributed by atoms with van der Waals surface area (Å²) in [5.74, 6) is 1.65. The molecule has 0 saturated heterocycles. The van der Waals surface area contributed by atoms with Crippen molar-refractivity contribution in [2.24, 2.45) is 11.8 Å². The quantitative estimate of drug-likeness (QED) is 0.838. The molecule has 2 rings (SSSR count). The molecule has 1 fully saturated rings. The Morgan fingerprint density at radius 3 is 2.72 bits per heavy atom. The lowest BCUT2D eigenvalue weighted by Gasteiger charge is -2.11. The van der Waals surface area contributed by atoms with Gasteiger partial charge in [0.15, 0.2) is 0 Å². The highest BCUT2D eigenvalue weighted by Gasteiger charge is 2.20. The van der Waals surface area contributed by atoms with Crippen LogP contribution >= 0.6 is 0 Å². The fourth-order valence-corrected chi connectivity index (χ4v) is 2.63. The Balaban J connectivity index is 1.63. The van der Waals surface area contributed by atoms with Gasteiger partial charge in [0.1, 0.15) is 0 Å². The molecule has 1 aliphatic carbocycles. The Kier molecular flexibility index (Phi) is 4.76.